The molecule has 0 aromatic heterocycles. The summed E-state index contributed by atoms with van der Waals surface area (Å²) in [6, 6.07) is 6.18. The van der Waals surface area contributed by atoms with Gasteiger partial charge in [-0.25, -0.2) is 0 Å². The van der Waals surface area contributed by atoms with Gasteiger partial charge in [-0.05, 0) is 11.6 Å². The lowest BCUT2D eigenvalue weighted by molar-refractivity contribution is -0.117. The molecule has 1 aliphatic carbocycles. The van der Waals surface area contributed by atoms with Crippen molar-refractivity contribution in [2.45, 2.75) is 24.5 Å². The number of carbonyl (C=O) groups excluding carboxylic acids is 1. The van der Waals surface area contributed by atoms with E-state index in [1.807, 2.05) is 19.1 Å². The van der Waals surface area contributed by atoms with E-state index in [0.717, 1.165) is 22.5 Å². The molecule has 4 heteroatoms. The molecule has 0 saturated heterocycles. The van der Waals surface area contributed by atoms with Crippen molar-refractivity contribution >= 4 is 17.5 Å². The number of ketones is 1. The first-order valence-electron chi connectivity index (χ1n) is 6.96. The van der Waals surface area contributed by atoms with Crippen molar-refractivity contribution in [3.63, 3.8) is 0 Å². The van der Waals surface area contributed by atoms with Crippen LogP contribution in [0.3, 0.4) is 0 Å². The lowest BCUT2D eigenvalue weighted by Gasteiger charge is -2.25. The van der Waals surface area contributed by atoms with Crippen LogP contribution in [0.2, 0.25) is 0 Å². The summed E-state index contributed by atoms with van der Waals surface area (Å²) < 4.78 is 10.6. The van der Waals surface area contributed by atoms with Crippen LogP contribution < -0.4 is 0 Å². The average Bonchev–Trinajstić information content (AvgIpc) is 2.51. The average molecular weight is 302 g/mol. The van der Waals surface area contributed by atoms with E-state index < -0.39 is 0 Å². The molecule has 21 heavy (non-hydrogen) atoms. The largest absolute Gasteiger partial charge is 0.352 e. The predicted octanol–water partition coefficient (Wildman–Crippen LogP) is 3.66. The molecule has 0 spiro atoms. The molecule has 0 N–H and O–H groups in total. The van der Waals surface area contributed by atoms with Crippen molar-refractivity contribution < 1.29 is 14.3 Å². The number of hydrogen-bond acceptors (Lipinski definition) is 4. The molecule has 1 atom stereocenters. The van der Waals surface area contributed by atoms with Crippen LogP contribution in [0.25, 0.3) is 0 Å². The molecule has 3 rings (SSSR count). The third-order valence-electron chi connectivity index (χ3n) is 3.92. The van der Waals surface area contributed by atoms with E-state index in [-0.39, 0.29) is 18.0 Å². The summed E-state index contributed by atoms with van der Waals surface area (Å²) in [4.78, 5) is 14.5. The Kier molecular flexibility index (Phi) is 4.02. The third-order valence-corrected chi connectivity index (χ3v) is 5.13. The second-order valence-corrected chi connectivity index (χ2v) is 6.39. The first-order chi connectivity index (χ1) is 10.1. The fourth-order valence-electron chi connectivity index (χ4n) is 2.72. The molecule has 0 fully saturated rings. The van der Waals surface area contributed by atoms with Crippen LogP contribution >= 0.6 is 11.8 Å². The number of Topliss-reactive ketones (excluding diaryl/α,β-unsaturated/α-hetero) is 1. The van der Waals surface area contributed by atoms with Gasteiger partial charge in [0.25, 0.3) is 0 Å². The van der Waals surface area contributed by atoms with E-state index in [4.69, 9.17) is 9.47 Å². The van der Waals surface area contributed by atoms with Gasteiger partial charge in [-0.1, -0.05) is 43.0 Å². The van der Waals surface area contributed by atoms with Crippen LogP contribution in [0.1, 0.15) is 24.3 Å². The highest BCUT2D eigenvalue weighted by molar-refractivity contribution is 8.03. The van der Waals surface area contributed by atoms with Crippen molar-refractivity contribution in [2.24, 2.45) is 5.92 Å². The second-order valence-electron chi connectivity index (χ2n) is 5.30. The van der Waals surface area contributed by atoms with E-state index >= 15 is 0 Å². The Balaban J connectivity index is 1.94. The lowest BCUT2D eigenvalue weighted by atomic mass is 9.89. The van der Waals surface area contributed by atoms with Gasteiger partial charge in [0.2, 0.25) is 0 Å². The van der Waals surface area contributed by atoms with Crippen molar-refractivity contribution in [1.82, 2.24) is 0 Å². The van der Waals surface area contributed by atoms with Gasteiger partial charge in [0.15, 0.2) is 12.1 Å². The first kappa shape index (κ1) is 14.6. The standard InChI is InChI=1S/C17H18O3S/c1-10-4-7-14-13(16(10)18)8-11-5-6-12(9-15(11)21-14)17(19-2)20-3/h4-7,9-10,17H,8H2,1-3H3. The minimum atomic E-state index is -0.352. The van der Waals surface area contributed by atoms with Gasteiger partial charge in [0.05, 0.1) is 0 Å². The molecule has 3 nitrogen and oxygen atoms in total. The first-order valence-corrected chi connectivity index (χ1v) is 7.77. The fraction of sp³-hybridized carbons (Fsp3) is 0.353. The number of allylic oxidation sites excluding steroid dienone is 3. The molecular formula is C17H18O3S. The highest BCUT2D eigenvalue weighted by atomic mass is 32.2. The minimum absolute atomic E-state index is 0.00321. The highest BCUT2D eigenvalue weighted by Crippen LogP contribution is 2.43. The van der Waals surface area contributed by atoms with Gasteiger partial charge in [-0.3, -0.25) is 4.79 Å². The molecule has 2 aliphatic rings. The van der Waals surface area contributed by atoms with Crippen molar-refractivity contribution in [1.29, 1.82) is 0 Å². The maximum atomic E-state index is 12.3. The molecule has 0 saturated carbocycles. The zero-order valence-electron chi connectivity index (χ0n) is 12.4. The summed E-state index contributed by atoms with van der Waals surface area (Å²) in [6.07, 6.45) is 4.42. The van der Waals surface area contributed by atoms with Gasteiger partial charge in [-0.2, -0.15) is 0 Å². The van der Waals surface area contributed by atoms with Gasteiger partial charge >= 0.3 is 0 Å². The second kappa shape index (κ2) is 5.79. The van der Waals surface area contributed by atoms with Gasteiger partial charge in [0, 0.05) is 47.5 Å². The van der Waals surface area contributed by atoms with Crippen molar-refractivity contribution in [2.75, 3.05) is 14.2 Å². The smallest absolute Gasteiger partial charge is 0.183 e. The van der Waals surface area contributed by atoms with E-state index in [1.54, 1.807) is 26.0 Å². The number of benzene rings is 1. The number of fused-ring (bicyclic) bond motifs is 1. The molecule has 1 aromatic rings. The summed E-state index contributed by atoms with van der Waals surface area (Å²) in [5.74, 6) is 0.248. The third kappa shape index (κ3) is 2.59. The van der Waals surface area contributed by atoms with Crippen LogP contribution in [0.15, 0.2) is 45.7 Å². The molecule has 1 aromatic carbocycles. The summed E-state index contributed by atoms with van der Waals surface area (Å²) in [6.45, 7) is 1.95. The summed E-state index contributed by atoms with van der Waals surface area (Å²) in [7, 11) is 3.26. The number of carbonyl (C=O) groups is 1. The zero-order chi connectivity index (χ0) is 15.0. The Bertz CT molecular complexity index is 641. The molecule has 1 unspecified atom stereocenters. The number of thioether (sulfide) groups is 1. The number of rotatable bonds is 3. The van der Waals surface area contributed by atoms with Gasteiger partial charge < -0.3 is 9.47 Å². The van der Waals surface area contributed by atoms with E-state index in [1.165, 1.54) is 10.5 Å². The number of ether oxygens (including phenoxy) is 2. The highest BCUT2D eigenvalue weighted by Gasteiger charge is 2.28. The molecule has 110 valence electrons. The Morgan fingerprint density at radius 1 is 1.29 bits per heavy atom. The Hall–Kier alpha value is -1.36. The monoisotopic (exact) mass is 302 g/mol. The maximum Gasteiger partial charge on any atom is 0.183 e. The van der Waals surface area contributed by atoms with E-state index in [2.05, 4.69) is 18.2 Å². The lowest BCUT2D eigenvalue weighted by Crippen LogP contribution is -2.20. The minimum Gasteiger partial charge on any atom is -0.352 e. The normalized spacial score (nSPS) is 20.8. The molecule has 1 aliphatic heterocycles. The number of methoxy groups -OCH3 is 2. The maximum absolute atomic E-state index is 12.3. The van der Waals surface area contributed by atoms with Crippen molar-refractivity contribution in [3.8, 4) is 0 Å². The van der Waals surface area contributed by atoms with Gasteiger partial charge in [-0.15, -0.1) is 0 Å². The Labute approximate surface area is 129 Å². The molecule has 0 amide bonds. The molecular weight excluding hydrogens is 284 g/mol. The summed E-state index contributed by atoms with van der Waals surface area (Å²) in [5, 5.41) is 0. The number of hydrogen-bond donors (Lipinski definition) is 0. The van der Waals surface area contributed by atoms with Crippen molar-refractivity contribution in [3.05, 3.63) is 52.0 Å². The Morgan fingerprint density at radius 3 is 2.76 bits per heavy atom. The Morgan fingerprint density at radius 2 is 2.05 bits per heavy atom. The van der Waals surface area contributed by atoms with Crippen LogP contribution in [-0.2, 0) is 20.7 Å². The van der Waals surface area contributed by atoms with Gasteiger partial charge in [0.1, 0.15) is 0 Å². The topological polar surface area (TPSA) is 35.5 Å². The predicted molar refractivity (Wildman–Crippen MR) is 83.1 cm³/mol. The van der Waals surface area contributed by atoms with E-state index in [9.17, 15) is 4.79 Å². The molecule has 0 radical (unpaired) electrons. The molecule has 1 heterocycles. The van der Waals surface area contributed by atoms with E-state index in [0.29, 0.717) is 0 Å². The summed E-state index contributed by atoms with van der Waals surface area (Å²) in [5.41, 5.74) is 3.14. The van der Waals surface area contributed by atoms with Crippen LogP contribution in [0.5, 0.6) is 0 Å². The SMILES string of the molecule is COC(OC)c1ccc2c(c1)SC1=C(C2)C(=O)C(C)C=C1. The van der Waals surface area contributed by atoms with Crippen LogP contribution in [0, 0.1) is 5.92 Å². The quantitative estimate of drug-likeness (QED) is 0.798. The van der Waals surface area contributed by atoms with Crippen LogP contribution in [0.4, 0.5) is 0 Å². The summed E-state index contributed by atoms with van der Waals surface area (Å²) >= 11 is 1.66. The van der Waals surface area contributed by atoms with Crippen LogP contribution in [-0.4, -0.2) is 20.0 Å². The molecule has 0 bridgehead atoms. The fourth-order valence-corrected chi connectivity index (χ4v) is 3.87. The zero-order valence-corrected chi connectivity index (χ0v) is 13.2.